The van der Waals surface area contributed by atoms with E-state index in [0.29, 0.717) is 0 Å². The maximum absolute atomic E-state index is 5.81. The van der Waals surface area contributed by atoms with Crippen molar-refractivity contribution in [1.29, 1.82) is 0 Å². The largest absolute Gasteiger partial charge is 0.377 e. The molecule has 78 valence electrons. The lowest BCUT2D eigenvalue weighted by molar-refractivity contribution is 0.736. The Morgan fingerprint density at radius 2 is 2.00 bits per heavy atom. The van der Waals surface area contributed by atoms with Gasteiger partial charge in [-0.1, -0.05) is 12.1 Å². The van der Waals surface area contributed by atoms with Crippen LogP contribution in [-0.4, -0.2) is 20.1 Å². The van der Waals surface area contributed by atoms with Crippen molar-refractivity contribution in [3.8, 4) is 0 Å². The molecule has 0 radical (unpaired) electrons. The van der Waals surface area contributed by atoms with E-state index in [1.807, 2.05) is 6.92 Å². The van der Waals surface area contributed by atoms with Gasteiger partial charge in [0.2, 0.25) is 0 Å². The standard InChI is InChI=1S/C12H20N2/c1-9-5-6-11(8-10(2)13)12(7-9)14(3)4/h5-7,10H,8,13H2,1-4H3. The van der Waals surface area contributed by atoms with Crippen LogP contribution in [0.5, 0.6) is 0 Å². The second-order valence-electron chi connectivity index (χ2n) is 4.21. The summed E-state index contributed by atoms with van der Waals surface area (Å²) in [6, 6.07) is 6.74. The van der Waals surface area contributed by atoms with Gasteiger partial charge in [0.05, 0.1) is 0 Å². The Bertz CT molecular complexity index is 303. The first-order chi connectivity index (χ1) is 6.50. The van der Waals surface area contributed by atoms with E-state index in [1.165, 1.54) is 16.8 Å². The van der Waals surface area contributed by atoms with E-state index >= 15 is 0 Å². The Hall–Kier alpha value is -1.02. The predicted octanol–water partition coefficient (Wildman–Crippen LogP) is 1.95. The molecule has 1 aromatic carbocycles. The number of hydrogen-bond donors (Lipinski definition) is 1. The van der Waals surface area contributed by atoms with Gasteiger partial charge < -0.3 is 10.6 Å². The lowest BCUT2D eigenvalue weighted by Gasteiger charge is -2.19. The van der Waals surface area contributed by atoms with E-state index in [4.69, 9.17) is 5.73 Å². The van der Waals surface area contributed by atoms with Crippen LogP contribution in [0.4, 0.5) is 5.69 Å². The SMILES string of the molecule is Cc1ccc(CC(C)N)c(N(C)C)c1. The molecule has 0 saturated heterocycles. The fourth-order valence-electron chi connectivity index (χ4n) is 1.61. The molecule has 2 heteroatoms. The summed E-state index contributed by atoms with van der Waals surface area (Å²) in [4.78, 5) is 2.14. The minimum absolute atomic E-state index is 0.219. The summed E-state index contributed by atoms with van der Waals surface area (Å²) in [6.07, 6.45) is 0.938. The van der Waals surface area contributed by atoms with E-state index in [2.05, 4.69) is 44.1 Å². The van der Waals surface area contributed by atoms with E-state index in [9.17, 15) is 0 Å². The molecule has 0 fully saturated rings. The average Bonchev–Trinajstić information content (AvgIpc) is 2.07. The smallest absolute Gasteiger partial charge is 0.0396 e. The number of hydrogen-bond acceptors (Lipinski definition) is 2. The normalized spacial score (nSPS) is 12.6. The minimum atomic E-state index is 0.219. The molecule has 1 rings (SSSR count). The highest BCUT2D eigenvalue weighted by molar-refractivity contribution is 5.54. The van der Waals surface area contributed by atoms with Crippen LogP contribution in [-0.2, 0) is 6.42 Å². The fourth-order valence-corrected chi connectivity index (χ4v) is 1.61. The van der Waals surface area contributed by atoms with Crippen molar-refractivity contribution in [3.05, 3.63) is 29.3 Å². The molecule has 0 saturated carbocycles. The van der Waals surface area contributed by atoms with Crippen LogP contribution >= 0.6 is 0 Å². The molecule has 2 N–H and O–H groups in total. The van der Waals surface area contributed by atoms with Gasteiger partial charge in [0.25, 0.3) is 0 Å². The van der Waals surface area contributed by atoms with Gasteiger partial charge in [0.15, 0.2) is 0 Å². The Kier molecular flexibility index (Phi) is 3.53. The third-order valence-corrected chi connectivity index (χ3v) is 2.26. The molecule has 0 aliphatic carbocycles. The Morgan fingerprint density at radius 3 is 2.50 bits per heavy atom. The van der Waals surface area contributed by atoms with Gasteiger partial charge in [-0.15, -0.1) is 0 Å². The fraction of sp³-hybridized carbons (Fsp3) is 0.500. The third kappa shape index (κ3) is 2.74. The lowest BCUT2D eigenvalue weighted by atomic mass is 10.0. The summed E-state index contributed by atoms with van der Waals surface area (Å²) in [6.45, 7) is 4.15. The Balaban J connectivity index is 3.02. The summed E-state index contributed by atoms with van der Waals surface area (Å²) >= 11 is 0. The molecule has 2 nitrogen and oxygen atoms in total. The van der Waals surface area contributed by atoms with Gasteiger partial charge in [-0.05, 0) is 37.5 Å². The molecular formula is C12H20N2. The van der Waals surface area contributed by atoms with Crippen LogP contribution in [0, 0.1) is 6.92 Å². The highest BCUT2D eigenvalue weighted by atomic mass is 15.1. The Labute approximate surface area is 86.7 Å². The van der Waals surface area contributed by atoms with Gasteiger partial charge >= 0.3 is 0 Å². The number of nitrogens with two attached hydrogens (primary N) is 1. The van der Waals surface area contributed by atoms with Gasteiger partial charge in [-0.2, -0.15) is 0 Å². The first kappa shape index (κ1) is 11.1. The van der Waals surface area contributed by atoms with Crippen LogP contribution in [0.15, 0.2) is 18.2 Å². The van der Waals surface area contributed by atoms with Crippen LogP contribution in [0.2, 0.25) is 0 Å². The highest BCUT2D eigenvalue weighted by Gasteiger charge is 2.06. The first-order valence-corrected chi connectivity index (χ1v) is 5.03. The quantitative estimate of drug-likeness (QED) is 0.793. The van der Waals surface area contributed by atoms with Crippen LogP contribution in [0.25, 0.3) is 0 Å². The molecule has 0 aromatic heterocycles. The number of rotatable bonds is 3. The predicted molar refractivity (Wildman–Crippen MR) is 62.9 cm³/mol. The van der Waals surface area contributed by atoms with Crippen molar-refractivity contribution in [1.82, 2.24) is 0 Å². The zero-order chi connectivity index (χ0) is 10.7. The second-order valence-corrected chi connectivity index (χ2v) is 4.21. The monoisotopic (exact) mass is 192 g/mol. The van der Waals surface area contributed by atoms with E-state index < -0.39 is 0 Å². The molecule has 0 aliphatic heterocycles. The van der Waals surface area contributed by atoms with Crippen molar-refractivity contribution in [3.63, 3.8) is 0 Å². The van der Waals surface area contributed by atoms with Gasteiger partial charge in [-0.3, -0.25) is 0 Å². The molecule has 0 heterocycles. The maximum Gasteiger partial charge on any atom is 0.0396 e. The molecule has 0 aliphatic rings. The maximum atomic E-state index is 5.81. The molecule has 14 heavy (non-hydrogen) atoms. The van der Waals surface area contributed by atoms with Crippen LogP contribution in [0.1, 0.15) is 18.1 Å². The zero-order valence-corrected chi connectivity index (χ0v) is 9.54. The molecule has 1 unspecified atom stereocenters. The highest BCUT2D eigenvalue weighted by Crippen LogP contribution is 2.21. The van der Waals surface area contributed by atoms with Crippen molar-refractivity contribution < 1.29 is 0 Å². The molecule has 1 atom stereocenters. The molecular weight excluding hydrogens is 172 g/mol. The van der Waals surface area contributed by atoms with Crippen molar-refractivity contribution in [2.24, 2.45) is 5.73 Å². The summed E-state index contributed by atoms with van der Waals surface area (Å²) in [5.74, 6) is 0. The number of benzene rings is 1. The second kappa shape index (κ2) is 4.47. The van der Waals surface area contributed by atoms with E-state index in [1.54, 1.807) is 0 Å². The average molecular weight is 192 g/mol. The third-order valence-electron chi connectivity index (χ3n) is 2.26. The van der Waals surface area contributed by atoms with Gasteiger partial charge in [0.1, 0.15) is 0 Å². The van der Waals surface area contributed by atoms with Crippen molar-refractivity contribution in [2.45, 2.75) is 26.3 Å². The summed E-state index contributed by atoms with van der Waals surface area (Å²) in [5.41, 5.74) is 9.72. The molecule has 1 aromatic rings. The summed E-state index contributed by atoms with van der Waals surface area (Å²) in [5, 5.41) is 0. The molecule has 0 bridgehead atoms. The van der Waals surface area contributed by atoms with Crippen molar-refractivity contribution >= 4 is 5.69 Å². The lowest BCUT2D eigenvalue weighted by Crippen LogP contribution is -2.20. The van der Waals surface area contributed by atoms with E-state index in [0.717, 1.165) is 6.42 Å². The first-order valence-electron chi connectivity index (χ1n) is 5.03. The topological polar surface area (TPSA) is 29.3 Å². The van der Waals surface area contributed by atoms with E-state index in [-0.39, 0.29) is 6.04 Å². The Morgan fingerprint density at radius 1 is 1.36 bits per heavy atom. The van der Waals surface area contributed by atoms with Crippen LogP contribution in [0.3, 0.4) is 0 Å². The van der Waals surface area contributed by atoms with Gasteiger partial charge in [0, 0.05) is 25.8 Å². The molecule has 0 amide bonds. The van der Waals surface area contributed by atoms with Gasteiger partial charge in [-0.25, -0.2) is 0 Å². The number of aryl methyl sites for hydroxylation is 1. The summed E-state index contributed by atoms with van der Waals surface area (Å²) in [7, 11) is 4.14. The molecule has 0 spiro atoms. The minimum Gasteiger partial charge on any atom is -0.377 e. The van der Waals surface area contributed by atoms with Crippen molar-refractivity contribution in [2.75, 3.05) is 19.0 Å². The number of anilines is 1. The zero-order valence-electron chi connectivity index (χ0n) is 9.54. The summed E-state index contributed by atoms with van der Waals surface area (Å²) < 4.78 is 0. The van der Waals surface area contributed by atoms with Crippen LogP contribution < -0.4 is 10.6 Å². The number of nitrogens with zero attached hydrogens (tertiary/aromatic N) is 1.